The van der Waals surface area contributed by atoms with Crippen molar-refractivity contribution < 1.29 is 4.74 Å². The van der Waals surface area contributed by atoms with E-state index >= 15 is 0 Å². The summed E-state index contributed by atoms with van der Waals surface area (Å²) in [5.41, 5.74) is 6.03. The minimum atomic E-state index is 0.222. The fraction of sp³-hybridized carbons (Fsp3) is 0.400. The van der Waals surface area contributed by atoms with Crippen LogP contribution in [0.5, 0.6) is 5.75 Å². The third kappa shape index (κ3) is 1.83. The van der Waals surface area contributed by atoms with Crippen molar-refractivity contribution in [1.29, 1.82) is 5.26 Å². The second-order valence-corrected chi connectivity index (χ2v) is 3.46. The Kier molecular flexibility index (Phi) is 2.33. The highest BCUT2D eigenvalue weighted by atomic mass is 16.5. The summed E-state index contributed by atoms with van der Waals surface area (Å²) in [5, 5.41) is 8.53. The minimum absolute atomic E-state index is 0.222. The van der Waals surface area contributed by atoms with Crippen LogP contribution in [0.3, 0.4) is 0 Å². The zero-order chi connectivity index (χ0) is 9.97. The van der Waals surface area contributed by atoms with Gasteiger partial charge in [-0.3, -0.25) is 0 Å². The molecule has 1 aliphatic carbocycles. The van der Waals surface area contributed by atoms with Gasteiger partial charge in [0.2, 0.25) is 0 Å². The topological polar surface area (TPSA) is 71.9 Å². The van der Waals surface area contributed by atoms with Crippen molar-refractivity contribution in [3.63, 3.8) is 0 Å². The molecule has 0 bridgehead atoms. The number of pyridine rings is 1. The van der Waals surface area contributed by atoms with Gasteiger partial charge in [-0.05, 0) is 25.0 Å². The van der Waals surface area contributed by atoms with Crippen LogP contribution >= 0.6 is 0 Å². The molecule has 0 aliphatic heterocycles. The largest absolute Gasteiger partial charge is 0.489 e. The number of nitrogens with two attached hydrogens (primary N) is 1. The van der Waals surface area contributed by atoms with Crippen molar-refractivity contribution in [2.24, 2.45) is 5.73 Å². The van der Waals surface area contributed by atoms with Gasteiger partial charge in [0.25, 0.3) is 0 Å². The number of aromatic nitrogens is 1. The van der Waals surface area contributed by atoms with Gasteiger partial charge in [-0.1, -0.05) is 0 Å². The van der Waals surface area contributed by atoms with Gasteiger partial charge in [0.1, 0.15) is 23.6 Å². The number of ether oxygens (including phenoxy) is 1. The van der Waals surface area contributed by atoms with E-state index in [1.54, 1.807) is 18.3 Å². The number of rotatable bonds is 2. The van der Waals surface area contributed by atoms with E-state index in [0.29, 0.717) is 11.4 Å². The van der Waals surface area contributed by atoms with Gasteiger partial charge < -0.3 is 10.5 Å². The van der Waals surface area contributed by atoms with Crippen LogP contribution in [0.1, 0.15) is 18.5 Å². The van der Waals surface area contributed by atoms with Crippen molar-refractivity contribution in [2.45, 2.75) is 25.0 Å². The molecule has 1 fully saturated rings. The zero-order valence-corrected chi connectivity index (χ0v) is 7.68. The first-order chi connectivity index (χ1) is 6.78. The Morgan fingerprint density at radius 2 is 2.29 bits per heavy atom. The summed E-state index contributed by atoms with van der Waals surface area (Å²) in [6.07, 6.45) is 3.60. The predicted octanol–water partition coefficient (Wildman–Crippen LogP) is 0.822. The lowest BCUT2D eigenvalue weighted by Gasteiger charge is -2.32. The molecule has 0 spiro atoms. The molecule has 1 saturated carbocycles. The molecule has 2 N–H and O–H groups in total. The molecule has 2 rings (SSSR count). The monoisotopic (exact) mass is 189 g/mol. The van der Waals surface area contributed by atoms with Gasteiger partial charge in [0.15, 0.2) is 0 Å². The predicted molar refractivity (Wildman–Crippen MR) is 50.6 cm³/mol. The average Bonchev–Trinajstić information content (AvgIpc) is 2.17. The van der Waals surface area contributed by atoms with E-state index in [2.05, 4.69) is 4.98 Å². The highest BCUT2D eigenvalue weighted by molar-refractivity contribution is 5.26. The first-order valence-electron chi connectivity index (χ1n) is 4.56. The Hall–Kier alpha value is -1.60. The summed E-state index contributed by atoms with van der Waals surface area (Å²) in [4.78, 5) is 3.91. The van der Waals surface area contributed by atoms with Gasteiger partial charge in [0, 0.05) is 6.04 Å². The molecule has 0 amide bonds. The first kappa shape index (κ1) is 8.97. The maximum Gasteiger partial charge on any atom is 0.140 e. The molecule has 1 heterocycles. The second kappa shape index (κ2) is 3.64. The highest BCUT2D eigenvalue weighted by Crippen LogP contribution is 2.23. The molecule has 4 heteroatoms. The van der Waals surface area contributed by atoms with Crippen LogP contribution in [0.25, 0.3) is 0 Å². The molecule has 1 aromatic rings. The van der Waals surface area contributed by atoms with Crippen molar-refractivity contribution in [1.82, 2.24) is 4.98 Å². The molecule has 72 valence electrons. The zero-order valence-electron chi connectivity index (χ0n) is 7.68. The lowest BCUT2D eigenvalue weighted by Crippen LogP contribution is -2.43. The van der Waals surface area contributed by atoms with Crippen LogP contribution in [0.2, 0.25) is 0 Å². The van der Waals surface area contributed by atoms with Crippen molar-refractivity contribution in [3.05, 3.63) is 24.0 Å². The van der Waals surface area contributed by atoms with Gasteiger partial charge in [-0.25, -0.2) is 4.98 Å². The van der Waals surface area contributed by atoms with E-state index in [-0.39, 0.29) is 12.1 Å². The molecular weight excluding hydrogens is 178 g/mol. The second-order valence-electron chi connectivity index (χ2n) is 3.46. The van der Waals surface area contributed by atoms with Crippen LogP contribution < -0.4 is 10.5 Å². The van der Waals surface area contributed by atoms with Gasteiger partial charge in [0.05, 0.1) is 6.20 Å². The van der Waals surface area contributed by atoms with Gasteiger partial charge in [-0.15, -0.1) is 0 Å². The molecule has 4 nitrogen and oxygen atoms in total. The van der Waals surface area contributed by atoms with Crippen LogP contribution in [0.15, 0.2) is 18.3 Å². The van der Waals surface area contributed by atoms with Gasteiger partial charge >= 0.3 is 0 Å². The third-order valence-electron chi connectivity index (χ3n) is 2.28. The van der Waals surface area contributed by atoms with Crippen molar-refractivity contribution in [2.75, 3.05) is 0 Å². The van der Waals surface area contributed by atoms with Crippen LogP contribution in [-0.4, -0.2) is 17.1 Å². The van der Waals surface area contributed by atoms with Crippen LogP contribution in [0.4, 0.5) is 0 Å². The Morgan fingerprint density at radius 1 is 1.50 bits per heavy atom. The molecule has 0 saturated heterocycles. The van der Waals surface area contributed by atoms with E-state index in [4.69, 9.17) is 15.7 Å². The lowest BCUT2D eigenvalue weighted by molar-refractivity contribution is 0.100. The van der Waals surface area contributed by atoms with Crippen LogP contribution in [0, 0.1) is 11.3 Å². The summed E-state index contributed by atoms with van der Waals surface area (Å²) in [7, 11) is 0. The summed E-state index contributed by atoms with van der Waals surface area (Å²) < 4.78 is 5.57. The Bertz CT molecular complexity index is 349. The molecule has 0 atom stereocenters. The summed E-state index contributed by atoms with van der Waals surface area (Å²) >= 11 is 0. The van der Waals surface area contributed by atoms with Crippen molar-refractivity contribution >= 4 is 0 Å². The highest BCUT2D eigenvalue weighted by Gasteiger charge is 2.27. The smallest absolute Gasteiger partial charge is 0.140 e. The number of hydrogen-bond donors (Lipinski definition) is 1. The molecule has 0 unspecified atom stereocenters. The summed E-state index contributed by atoms with van der Waals surface area (Å²) in [5.74, 6) is 0.709. The SMILES string of the molecule is N#Cc1ccc(OC2CC(N)C2)cn1. The van der Waals surface area contributed by atoms with Gasteiger partial charge in [-0.2, -0.15) is 5.26 Å². The lowest BCUT2D eigenvalue weighted by atomic mass is 9.90. The Labute approximate surface area is 82.3 Å². The molecule has 1 aliphatic rings. The van der Waals surface area contributed by atoms with E-state index in [0.717, 1.165) is 12.8 Å². The van der Waals surface area contributed by atoms with E-state index in [1.165, 1.54) is 0 Å². The van der Waals surface area contributed by atoms with E-state index in [1.807, 2.05) is 6.07 Å². The minimum Gasteiger partial charge on any atom is -0.489 e. The van der Waals surface area contributed by atoms with E-state index < -0.39 is 0 Å². The van der Waals surface area contributed by atoms with Crippen molar-refractivity contribution in [3.8, 4) is 11.8 Å². The average molecular weight is 189 g/mol. The fourth-order valence-electron chi connectivity index (χ4n) is 1.41. The quantitative estimate of drug-likeness (QED) is 0.747. The molecule has 0 radical (unpaired) electrons. The molecule has 1 aromatic heterocycles. The number of nitriles is 1. The molecule has 0 aromatic carbocycles. The standard InChI is InChI=1S/C10H11N3O/c11-5-8-1-2-9(6-13-8)14-10-3-7(12)4-10/h1-2,6-7,10H,3-4,12H2. The molecule has 14 heavy (non-hydrogen) atoms. The number of hydrogen-bond acceptors (Lipinski definition) is 4. The normalized spacial score (nSPS) is 24.9. The Morgan fingerprint density at radius 3 is 2.79 bits per heavy atom. The molecular formula is C10H11N3O. The summed E-state index contributed by atoms with van der Waals surface area (Å²) in [6.45, 7) is 0. The first-order valence-corrected chi connectivity index (χ1v) is 4.56. The maximum absolute atomic E-state index is 8.53. The number of nitrogens with zero attached hydrogens (tertiary/aromatic N) is 2. The fourth-order valence-corrected chi connectivity index (χ4v) is 1.41. The van der Waals surface area contributed by atoms with Crippen LogP contribution in [-0.2, 0) is 0 Å². The third-order valence-corrected chi connectivity index (χ3v) is 2.28. The summed E-state index contributed by atoms with van der Waals surface area (Å²) in [6, 6.07) is 5.65. The maximum atomic E-state index is 8.53. The van der Waals surface area contributed by atoms with E-state index in [9.17, 15) is 0 Å². The Balaban J connectivity index is 1.94.